The zero-order chi connectivity index (χ0) is 27.2. The summed E-state index contributed by atoms with van der Waals surface area (Å²) in [5.41, 5.74) is 0.616. The average molecular weight is 489 g/mol. The topological polar surface area (TPSA) is 78.9 Å². The van der Waals surface area contributed by atoms with Gasteiger partial charge in [-0.3, -0.25) is 9.69 Å². The van der Waals surface area contributed by atoms with Crippen molar-refractivity contribution < 1.29 is 19.4 Å². The molecular weight excluding hydrogens is 440 g/mol. The molecule has 6 nitrogen and oxygen atoms in total. The van der Waals surface area contributed by atoms with Crippen molar-refractivity contribution in [1.82, 2.24) is 10.2 Å². The largest absolute Gasteiger partial charge is 0.507 e. The van der Waals surface area contributed by atoms with E-state index in [0.29, 0.717) is 25.0 Å². The number of methoxy groups -OCH3 is 1. The predicted octanol–water partition coefficient (Wildman–Crippen LogP) is 5.23. The lowest BCUT2D eigenvalue weighted by Gasteiger charge is -2.57. The fraction of sp³-hybridized carbons (Fsp3) is 0.724. The van der Waals surface area contributed by atoms with Crippen molar-refractivity contribution in [2.24, 2.45) is 0 Å². The van der Waals surface area contributed by atoms with E-state index >= 15 is 0 Å². The minimum absolute atomic E-state index is 0.172. The summed E-state index contributed by atoms with van der Waals surface area (Å²) in [7, 11) is 3.44. The maximum absolute atomic E-state index is 13.3. The summed E-state index contributed by atoms with van der Waals surface area (Å²) < 4.78 is 5.20. The molecule has 35 heavy (non-hydrogen) atoms. The first-order valence-corrected chi connectivity index (χ1v) is 12.7. The van der Waals surface area contributed by atoms with Gasteiger partial charge in [-0.2, -0.15) is 0 Å². The molecule has 1 amide bonds. The molecule has 1 aliphatic rings. The van der Waals surface area contributed by atoms with Crippen molar-refractivity contribution in [1.29, 1.82) is 0 Å². The van der Waals surface area contributed by atoms with Crippen LogP contribution in [0.5, 0.6) is 5.75 Å². The first-order chi connectivity index (χ1) is 15.7. The molecule has 0 saturated carbocycles. The number of ether oxygens (including phenoxy) is 1. The number of amides is 1. The molecule has 2 N–H and O–H groups in total. The van der Waals surface area contributed by atoms with Crippen LogP contribution in [-0.4, -0.2) is 52.7 Å². The third kappa shape index (κ3) is 6.19. The normalized spacial score (nSPS) is 19.8. The van der Waals surface area contributed by atoms with Gasteiger partial charge in [-0.1, -0.05) is 53.7 Å². The highest BCUT2D eigenvalue weighted by Gasteiger charge is 2.55. The third-order valence-corrected chi connectivity index (χ3v) is 7.67. The first kappa shape index (κ1) is 29.2. The molecule has 1 aromatic rings. The Morgan fingerprint density at radius 1 is 0.971 bits per heavy atom. The van der Waals surface area contributed by atoms with E-state index < -0.39 is 11.5 Å². The summed E-state index contributed by atoms with van der Waals surface area (Å²) in [6.07, 6.45) is 1.70. The lowest BCUT2D eigenvalue weighted by atomic mass is 9.69. The second kappa shape index (κ2) is 9.42. The molecule has 1 saturated heterocycles. The Kier molecular flexibility index (Phi) is 7.85. The van der Waals surface area contributed by atoms with Crippen molar-refractivity contribution in [3.05, 3.63) is 28.8 Å². The number of hydrogen-bond donors (Lipinski definition) is 2. The van der Waals surface area contributed by atoms with Crippen molar-refractivity contribution in [2.75, 3.05) is 14.2 Å². The molecule has 1 aromatic carbocycles. The number of carbonyl (C=O) groups is 2. The molecular formula is C29H48N2O4. The molecule has 1 aliphatic heterocycles. The predicted molar refractivity (Wildman–Crippen MR) is 142 cm³/mol. The quantitative estimate of drug-likeness (QED) is 0.555. The number of aryl methyl sites for hydroxylation is 1. The number of likely N-dealkylation sites (tertiary alicyclic amines) is 1. The van der Waals surface area contributed by atoms with Crippen LogP contribution in [0.25, 0.3) is 0 Å². The van der Waals surface area contributed by atoms with Gasteiger partial charge in [-0.25, -0.2) is 4.79 Å². The number of carbonyl (C=O) groups excluding carboxylic acids is 2. The Bertz CT molecular complexity index is 911. The Balaban J connectivity index is 2.34. The Labute approximate surface area is 212 Å². The fourth-order valence-corrected chi connectivity index (χ4v) is 5.64. The van der Waals surface area contributed by atoms with Crippen molar-refractivity contribution in [3.8, 4) is 5.75 Å². The highest BCUT2D eigenvalue weighted by atomic mass is 16.5. The fourth-order valence-electron chi connectivity index (χ4n) is 5.64. The summed E-state index contributed by atoms with van der Waals surface area (Å²) in [6, 6.07) is 4.02. The van der Waals surface area contributed by atoms with E-state index in [9.17, 15) is 14.7 Å². The van der Waals surface area contributed by atoms with Gasteiger partial charge in [0.2, 0.25) is 5.91 Å². The standard InChI is InChI=1S/C29H48N2O4/c1-25(2,3)20-15-19(16-21(23(20)33)26(4,5)6)13-14-22(32)30-29(24(34)35-12)17-27(7,8)31(11)28(9,10)18-29/h15-16,33H,13-14,17-18H2,1-12H3,(H,30,32). The Morgan fingerprint density at radius 3 is 1.77 bits per heavy atom. The number of hydrogen-bond acceptors (Lipinski definition) is 5. The molecule has 0 atom stereocenters. The van der Waals surface area contributed by atoms with E-state index in [-0.39, 0.29) is 34.2 Å². The number of benzene rings is 1. The molecule has 0 spiro atoms. The first-order valence-electron chi connectivity index (χ1n) is 12.7. The summed E-state index contributed by atoms with van der Waals surface area (Å²) in [5.74, 6) is -0.234. The van der Waals surface area contributed by atoms with E-state index in [2.05, 4.69) is 86.5 Å². The molecule has 0 bridgehead atoms. The zero-order valence-electron chi connectivity index (χ0n) is 24.1. The second-order valence-electron chi connectivity index (χ2n) is 13.7. The van der Waals surface area contributed by atoms with Crippen LogP contribution in [0.2, 0.25) is 0 Å². The minimum atomic E-state index is -1.08. The van der Waals surface area contributed by atoms with Crippen LogP contribution in [0.4, 0.5) is 0 Å². The van der Waals surface area contributed by atoms with E-state index in [4.69, 9.17) is 4.74 Å². The van der Waals surface area contributed by atoms with E-state index in [1.807, 2.05) is 12.1 Å². The lowest BCUT2D eigenvalue weighted by Crippen LogP contribution is -2.71. The summed E-state index contributed by atoms with van der Waals surface area (Å²) in [4.78, 5) is 28.6. The highest BCUT2D eigenvalue weighted by molar-refractivity contribution is 5.88. The van der Waals surface area contributed by atoms with Crippen molar-refractivity contribution in [2.45, 2.75) is 122 Å². The van der Waals surface area contributed by atoms with Crippen LogP contribution < -0.4 is 5.32 Å². The Hall–Kier alpha value is -2.08. The van der Waals surface area contributed by atoms with Gasteiger partial charge in [0.05, 0.1) is 7.11 Å². The van der Waals surface area contributed by atoms with E-state index in [1.165, 1.54) is 7.11 Å². The van der Waals surface area contributed by atoms with Crippen molar-refractivity contribution >= 4 is 11.9 Å². The molecule has 0 radical (unpaired) electrons. The van der Waals surface area contributed by atoms with Crippen LogP contribution in [0.15, 0.2) is 12.1 Å². The van der Waals surface area contributed by atoms with Crippen LogP contribution in [0.1, 0.15) is 105 Å². The Morgan fingerprint density at radius 2 is 1.40 bits per heavy atom. The number of piperidine rings is 1. The molecule has 0 unspecified atom stereocenters. The number of phenols is 1. The van der Waals surface area contributed by atoms with Crippen LogP contribution in [-0.2, 0) is 31.6 Å². The van der Waals surface area contributed by atoms with Crippen molar-refractivity contribution in [3.63, 3.8) is 0 Å². The third-order valence-electron chi connectivity index (χ3n) is 7.67. The highest BCUT2D eigenvalue weighted by Crippen LogP contribution is 2.43. The van der Waals surface area contributed by atoms with Crippen LogP contribution in [0.3, 0.4) is 0 Å². The SMILES string of the molecule is COC(=O)C1(NC(=O)CCc2cc(C(C)(C)C)c(O)c(C(C)(C)C)c2)CC(C)(C)N(C)C(C)(C)C1. The molecule has 198 valence electrons. The van der Waals surface area contributed by atoms with Gasteiger partial charge >= 0.3 is 5.97 Å². The number of nitrogens with one attached hydrogen (secondary N) is 1. The lowest BCUT2D eigenvalue weighted by molar-refractivity contribution is -0.161. The van der Waals surface area contributed by atoms with Gasteiger partial charge in [0, 0.05) is 17.5 Å². The average Bonchev–Trinajstić information content (AvgIpc) is 2.68. The summed E-state index contributed by atoms with van der Waals surface area (Å²) >= 11 is 0. The number of nitrogens with zero attached hydrogens (tertiary/aromatic N) is 1. The molecule has 2 rings (SSSR count). The van der Waals surface area contributed by atoms with E-state index in [1.54, 1.807) is 0 Å². The van der Waals surface area contributed by atoms with Crippen LogP contribution >= 0.6 is 0 Å². The van der Waals surface area contributed by atoms with Gasteiger partial charge in [-0.15, -0.1) is 0 Å². The molecule has 0 aliphatic carbocycles. The molecule has 1 heterocycles. The monoisotopic (exact) mass is 488 g/mol. The number of phenolic OH excluding ortho intramolecular Hbond substituents is 1. The van der Waals surface area contributed by atoms with E-state index in [0.717, 1.165) is 16.7 Å². The number of esters is 1. The smallest absolute Gasteiger partial charge is 0.331 e. The van der Waals surface area contributed by atoms with Gasteiger partial charge in [0.25, 0.3) is 0 Å². The molecule has 1 fully saturated rings. The van der Waals surface area contributed by atoms with Crippen LogP contribution in [0, 0.1) is 0 Å². The van der Waals surface area contributed by atoms with Gasteiger partial charge in [0.1, 0.15) is 11.3 Å². The van der Waals surface area contributed by atoms with Gasteiger partial charge in [-0.05, 0) is 81.5 Å². The maximum Gasteiger partial charge on any atom is 0.331 e. The number of rotatable bonds is 5. The summed E-state index contributed by atoms with van der Waals surface area (Å²) in [5, 5.41) is 14.1. The maximum atomic E-state index is 13.3. The van der Waals surface area contributed by atoms with Gasteiger partial charge < -0.3 is 15.2 Å². The summed E-state index contributed by atoms with van der Waals surface area (Å²) in [6.45, 7) is 20.8. The number of aromatic hydroxyl groups is 1. The van der Waals surface area contributed by atoms with Gasteiger partial charge in [0.15, 0.2) is 0 Å². The second-order valence-corrected chi connectivity index (χ2v) is 13.7. The zero-order valence-corrected chi connectivity index (χ0v) is 24.1. The minimum Gasteiger partial charge on any atom is -0.507 e. The molecule has 6 heteroatoms. The molecule has 0 aromatic heterocycles.